The van der Waals surface area contributed by atoms with Gasteiger partial charge < -0.3 is 20.4 Å². The molecule has 0 radical (unpaired) electrons. The van der Waals surface area contributed by atoms with Crippen LogP contribution in [0.4, 0.5) is 0 Å². The first-order chi connectivity index (χ1) is 12.7. The molecule has 0 heterocycles. The highest BCUT2D eigenvalue weighted by molar-refractivity contribution is 5.14. The van der Waals surface area contributed by atoms with Gasteiger partial charge in [-0.2, -0.15) is 0 Å². The maximum Gasteiger partial charge on any atom is 0.0558 e. The second-order valence-electron chi connectivity index (χ2n) is 6.34. The molecule has 0 saturated carbocycles. The molecule has 0 atom stereocenters. The Balaban J connectivity index is 2.62. The van der Waals surface area contributed by atoms with E-state index in [2.05, 4.69) is 26.8 Å². The predicted octanol–water partition coefficient (Wildman–Crippen LogP) is -0.938. The van der Waals surface area contributed by atoms with Gasteiger partial charge in [0.1, 0.15) is 0 Å². The van der Waals surface area contributed by atoms with Crippen molar-refractivity contribution in [3.05, 3.63) is 35.9 Å². The van der Waals surface area contributed by atoms with E-state index in [0.29, 0.717) is 26.2 Å². The lowest BCUT2D eigenvalue weighted by molar-refractivity contribution is 0.121. The second kappa shape index (κ2) is 15.0. The molecular weight excluding hydrogens is 334 g/mol. The summed E-state index contributed by atoms with van der Waals surface area (Å²) in [6.07, 6.45) is 0. The molecule has 0 spiro atoms. The van der Waals surface area contributed by atoms with E-state index < -0.39 is 0 Å². The van der Waals surface area contributed by atoms with Crippen LogP contribution in [0.5, 0.6) is 0 Å². The molecule has 1 aromatic carbocycles. The minimum Gasteiger partial charge on any atom is -0.395 e. The fourth-order valence-electron chi connectivity index (χ4n) is 2.91. The molecule has 0 saturated heterocycles. The minimum absolute atomic E-state index is 0.0828. The van der Waals surface area contributed by atoms with Crippen molar-refractivity contribution in [2.45, 2.75) is 6.54 Å². The molecular formula is C19H35N3O4. The SMILES string of the molecule is OCCN(CCO)CCN(CCN(CCO)CCO)Cc1ccccc1. The van der Waals surface area contributed by atoms with Crippen LogP contribution in [0.1, 0.15) is 5.56 Å². The molecule has 0 amide bonds. The van der Waals surface area contributed by atoms with E-state index in [1.165, 1.54) is 5.56 Å². The predicted molar refractivity (Wildman–Crippen MR) is 103 cm³/mol. The van der Waals surface area contributed by atoms with Crippen molar-refractivity contribution < 1.29 is 20.4 Å². The number of nitrogens with zero attached hydrogens (tertiary/aromatic N) is 3. The highest BCUT2D eigenvalue weighted by Gasteiger charge is 2.12. The first-order valence-corrected chi connectivity index (χ1v) is 9.38. The highest BCUT2D eigenvalue weighted by atomic mass is 16.3. The van der Waals surface area contributed by atoms with Crippen LogP contribution in [-0.2, 0) is 6.54 Å². The molecule has 0 aromatic heterocycles. The zero-order valence-electron chi connectivity index (χ0n) is 15.7. The fourth-order valence-corrected chi connectivity index (χ4v) is 2.91. The van der Waals surface area contributed by atoms with Crippen molar-refractivity contribution in [3.8, 4) is 0 Å². The summed E-state index contributed by atoms with van der Waals surface area (Å²) in [5.41, 5.74) is 1.24. The molecule has 7 heteroatoms. The number of benzene rings is 1. The Hall–Kier alpha value is -1.06. The lowest BCUT2D eigenvalue weighted by Crippen LogP contribution is -2.42. The van der Waals surface area contributed by atoms with Gasteiger partial charge in [0.05, 0.1) is 26.4 Å². The summed E-state index contributed by atoms with van der Waals surface area (Å²) in [6, 6.07) is 10.3. The summed E-state index contributed by atoms with van der Waals surface area (Å²) in [5.74, 6) is 0. The Kier molecular flexibility index (Phi) is 13.3. The average Bonchev–Trinajstić information content (AvgIpc) is 2.65. The Morgan fingerprint density at radius 1 is 0.500 bits per heavy atom. The summed E-state index contributed by atoms with van der Waals surface area (Å²) in [4.78, 5) is 6.44. The molecule has 1 rings (SSSR count). The molecule has 150 valence electrons. The van der Waals surface area contributed by atoms with Gasteiger partial charge in [0.15, 0.2) is 0 Å². The van der Waals surface area contributed by atoms with Gasteiger partial charge in [-0.15, -0.1) is 0 Å². The third kappa shape index (κ3) is 10.2. The largest absolute Gasteiger partial charge is 0.395 e. The van der Waals surface area contributed by atoms with Crippen LogP contribution in [-0.4, -0.2) is 114 Å². The molecule has 26 heavy (non-hydrogen) atoms. The Morgan fingerprint density at radius 2 is 0.885 bits per heavy atom. The molecule has 0 fully saturated rings. The highest BCUT2D eigenvalue weighted by Crippen LogP contribution is 2.05. The van der Waals surface area contributed by atoms with Crippen LogP contribution in [0.25, 0.3) is 0 Å². The fraction of sp³-hybridized carbons (Fsp3) is 0.684. The van der Waals surface area contributed by atoms with E-state index >= 15 is 0 Å². The molecule has 7 nitrogen and oxygen atoms in total. The van der Waals surface area contributed by atoms with Gasteiger partial charge in [-0.05, 0) is 5.56 Å². The van der Waals surface area contributed by atoms with Crippen molar-refractivity contribution in [2.75, 3.05) is 78.8 Å². The Bertz CT molecular complexity index is 404. The summed E-state index contributed by atoms with van der Waals surface area (Å²) in [5, 5.41) is 36.7. The Labute approximate surface area is 157 Å². The van der Waals surface area contributed by atoms with Crippen LogP contribution in [0.15, 0.2) is 30.3 Å². The summed E-state index contributed by atoms with van der Waals surface area (Å²) >= 11 is 0. The first-order valence-electron chi connectivity index (χ1n) is 9.38. The molecule has 0 aliphatic rings. The van der Waals surface area contributed by atoms with E-state index in [1.807, 2.05) is 18.2 Å². The van der Waals surface area contributed by atoms with Crippen molar-refractivity contribution in [3.63, 3.8) is 0 Å². The van der Waals surface area contributed by atoms with Crippen LogP contribution in [0.3, 0.4) is 0 Å². The van der Waals surface area contributed by atoms with Gasteiger partial charge in [-0.25, -0.2) is 0 Å². The van der Waals surface area contributed by atoms with Crippen LogP contribution >= 0.6 is 0 Å². The summed E-state index contributed by atoms with van der Waals surface area (Å²) in [7, 11) is 0. The summed E-state index contributed by atoms with van der Waals surface area (Å²) in [6.45, 7) is 6.56. The monoisotopic (exact) mass is 369 g/mol. The first kappa shape index (κ1) is 23.0. The molecule has 1 aromatic rings. The summed E-state index contributed by atoms with van der Waals surface area (Å²) < 4.78 is 0. The lowest BCUT2D eigenvalue weighted by Gasteiger charge is -2.29. The zero-order valence-corrected chi connectivity index (χ0v) is 15.7. The quantitative estimate of drug-likeness (QED) is 0.299. The minimum atomic E-state index is 0.0828. The van der Waals surface area contributed by atoms with Crippen molar-refractivity contribution in [1.82, 2.24) is 14.7 Å². The van der Waals surface area contributed by atoms with Crippen molar-refractivity contribution >= 4 is 0 Å². The third-order valence-electron chi connectivity index (χ3n) is 4.38. The van der Waals surface area contributed by atoms with Gasteiger partial charge in [0.2, 0.25) is 0 Å². The maximum atomic E-state index is 9.17. The van der Waals surface area contributed by atoms with Crippen LogP contribution in [0.2, 0.25) is 0 Å². The lowest BCUT2D eigenvalue weighted by atomic mass is 10.2. The van der Waals surface area contributed by atoms with Gasteiger partial charge in [0.25, 0.3) is 0 Å². The topological polar surface area (TPSA) is 90.6 Å². The average molecular weight is 370 g/mol. The molecule has 4 N–H and O–H groups in total. The number of aliphatic hydroxyl groups excluding tert-OH is 4. The molecule has 0 aliphatic heterocycles. The van der Waals surface area contributed by atoms with Gasteiger partial charge in [-0.1, -0.05) is 30.3 Å². The number of rotatable bonds is 16. The smallest absolute Gasteiger partial charge is 0.0558 e. The molecule has 0 unspecified atom stereocenters. The van der Waals surface area contributed by atoms with Crippen LogP contribution in [0, 0.1) is 0 Å². The van der Waals surface area contributed by atoms with Crippen LogP contribution < -0.4 is 0 Å². The normalized spacial score (nSPS) is 11.8. The van der Waals surface area contributed by atoms with E-state index in [1.54, 1.807) is 0 Å². The maximum absolute atomic E-state index is 9.17. The third-order valence-corrected chi connectivity index (χ3v) is 4.38. The number of hydrogen-bond donors (Lipinski definition) is 4. The Morgan fingerprint density at radius 3 is 1.27 bits per heavy atom. The van der Waals surface area contributed by atoms with E-state index in [4.69, 9.17) is 20.4 Å². The van der Waals surface area contributed by atoms with Gasteiger partial charge in [0, 0.05) is 58.9 Å². The van der Waals surface area contributed by atoms with E-state index in [0.717, 1.165) is 32.7 Å². The second-order valence-corrected chi connectivity index (χ2v) is 6.34. The molecule has 0 aliphatic carbocycles. The molecule has 0 bridgehead atoms. The van der Waals surface area contributed by atoms with E-state index in [-0.39, 0.29) is 26.4 Å². The van der Waals surface area contributed by atoms with Gasteiger partial charge in [-0.3, -0.25) is 14.7 Å². The van der Waals surface area contributed by atoms with E-state index in [9.17, 15) is 0 Å². The van der Waals surface area contributed by atoms with Crippen molar-refractivity contribution in [2.24, 2.45) is 0 Å². The zero-order chi connectivity index (χ0) is 19.0. The number of hydrogen-bond acceptors (Lipinski definition) is 7. The number of aliphatic hydroxyl groups is 4. The standard InChI is InChI=1S/C19H35N3O4/c23-14-10-20(11-15-24)6-8-22(18-19-4-2-1-3-5-19)9-7-21(12-16-25)13-17-26/h1-5,23-26H,6-18H2. The van der Waals surface area contributed by atoms with Crippen molar-refractivity contribution in [1.29, 1.82) is 0 Å². The van der Waals surface area contributed by atoms with Gasteiger partial charge >= 0.3 is 0 Å².